The van der Waals surface area contributed by atoms with E-state index in [1.807, 2.05) is 0 Å². The van der Waals surface area contributed by atoms with Gasteiger partial charge in [-0.1, -0.05) is 118 Å². The summed E-state index contributed by atoms with van der Waals surface area (Å²) in [6, 6.07) is 18.4. The number of benzene rings is 2. The van der Waals surface area contributed by atoms with E-state index in [9.17, 15) is 0 Å². The van der Waals surface area contributed by atoms with Gasteiger partial charge in [-0.2, -0.15) is 0 Å². The minimum atomic E-state index is 0.164. The van der Waals surface area contributed by atoms with Crippen LogP contribution in [0.3, 0.4) is 0 Å². The van der Waals surface area contributed by atoms with Crippen LogP contribution in [0.5, 0.6) is 0 Å². The SMILES string of the molecule is CC(C)(C)CC(C)(C)c1cccc(-c2cccc(C(C)(C)CC(C)(C)C)c2)c1. The Bertz CT molecular complexity index is 722. The highest BCUT2D eigenvalue weighted by atomic mass is 14.3. The third kappa shape index (κ3) is 6.23. The van der Waals surface area contributed by atoms with Gasteiger partial charge in [0.25, 0.3) is 0 Å². The van der Waals surface area contributed by atoms with E-state index in [-0.39, 0.29) is 10.8 Å². The van der Waals surface area contributed by atoms with Crippen molar-refractivity contribution in [2.24, 2.45) is 10.8 Å². The molecule has 0 aliphatic rings. The minimum absolute atomic E-state index is 0.164. The van der Waals surface area contributed by atoms with Crippen molar-refractivity contribution in [3.05, 3.63) is 59.7 Å². The number of rotatable bonds is 5. The van der Waals surface area contributed by atoms with E-state index in [2.05, 4.69) is 118 Å². The Morgan fingerprint density at radius 2 is 0.821 bits per heavy atom. The Morgan fingerprint density at radius 3 is 1.11 bits per heavy atom. The zero-order valence-corrected chi connectivity index (χ0v) is 20.0. The molecule has 0 spiro atoms. The molecular formula is C28H42. The fourth-order valence-electron chi connectivity index (χ4n) is 5.10. The third-order valence-corrected chi connectivity index (χ3v) is 5.57. The highest BCUT2D eigenvalue weighted by Gasteiger charge is 2.29. The Hall–Kier alpha value is -1.56. The lowest BCUT2D eigenvalue weighted by Crippen LogP contribution is -2.25. The molecule has 2 rings (SSSR count). The first-order chi connectivity index (χ1) is 12.6. The molecule has 0 atom stereocenters. The topological polar surface area (TPSA) is 0 Å². The molecule has 154 valence electrons. The van der Waals surface area contributed by atoms with Crippen molar-refractivity contribution in [2.45, 2.75) is 92.9 Å². The normalized spacial score (nSPS) is 13.6. The van der Waals surface area contributed by atoms with Gasteiger partial charge in [-0.15, -0.1) is 0 Å². The summed E-state index contributed by atoms with van der Waals surface area (Å²) in [5.74, 6) is 0. The summed E-state index contributed by atoms with van der Waals surface area (Å²) in [4.78, 5) is 0. The Morgan fingerprint density at radius 1 is 0.500 bits per heavy atom. The van der Waals surface area contributed by atoms with Gasteiger partial charge in [0.05, 0.1) is 0 Å². The van der Waals surface area contributed by atoms with E-state index < -0.39 is 0 Å². The molecule has 0 radical (unpaired) electrons. The highest BCUT2D eigenvalue weighted by Crippen LogP contribution is 2.39. The Balaban J connectivity index is 2.40. The van der Waals surface area contributed by atoms with Gasteiger partial charge < -0.3 is 0 Å². The maximum absolute atomic E-state index is 2.40. The van der Waals surface area contributed by atoms with Crippen molar-refractivity contribution in [3.63, 3.8) is 0 Å². The molecule has 0 heterocycles. The predicted molar refractivity (Wildman–Crippen MR) is 126 cm³/mol. The monoisotopic (exact) mass is 378 g/mol. The van der Waals surface area contributed by atoms with Gasteiger partial charge >= 0.3 is 0 Å². The lowest BCUT2D eigenvalue weighted by molar-refractivity contribution is 0.283. The summed E-state index contributed by atoms with van der Waals surface area (Å²) in [7, 11) is 0. The molecule has 0 unspecified atom stereocenters. The van der Waals surface area contributed by atoms with Crippen molar-refractivity contribution < 1.29 is 0 Å². The Labute approximate surface area is 174 Å². The van der Waals surface area contributed by atoms with E-state index in [0.29, 0.717) is 10.8 Å². The summed E-state index contributed by atoms with van der Waals surface area (Å²) in [5, 5.41) is 0. The first-order valence-electron chi connectivity index (χ1n) is 10.8. The quantitative estimate of drug-likeness (QED) is 0.487. The van der Waals surface area contributed by atoms with Gasteiger partial charge in [-0.05, 0) is 56.8 Å². The molecule has 2 aromatic carbocycles. The van der Waals surface area contributed by atoms with E-state index in [1.54, 1.807) is 0 Å². The van der Waals surface area contributed by atoms with Crippen LogP contribution in [0.2, 0.25) is 0 Å². The highest BCUT2D eigenvalue weighted by molar-refractivity contribution is 5.65. The van der Waals surface area contributed by atoms with Crippen LogP contribution < -0.4 is 0 Å². The molecule has 0 aliphatic heterocycles. The van der Waals surface area contributed by atoms with Crippen LogP contribution >= 0.6 is 0 Å². The van der Waals surface area contributed by atoms with Crippen LogP contribution in [0.1, 0.15) is 93.2 Å². The van der Waals surface area contributed by atoms with E-state index in [0.717, 1.165) is 0 Å². The van der Waals surface area contributed by atoms with Crippen molar-refractivity contribution in [1.29, 1.82) is 0 Å². The molecule has 0 saturated heterocycles. The lowest BCUT2D eigenvalue weighted by atomic mass is 9.71. The lowest BCUT2D eigenvalue weighted by Gasteiger charge is -2.34. The van der Waals surface area contributed by atoms with Gasteiger partial charge in [0.2, 0.25) is 0 Å². The fraction of sp³-hybridized carbons (Fsp3) is 0.571. The van der Waals surface area contributed by atoms with Crippen molar-refractivity contribution in [2.75, 3.05) is 0 Å². The molecular weight excluding hydrogens is 336 g/mol. The van der Waals surface area contributed by atoms with Gasteiger partial charge in [0.1, 0.15) is 0 Å². The van der Waals surface area contributed by atoms with E-state index >= 15 is 0 Å². The molecule has 0 amide bonds. The molecule has 0 fully saturated rings. The summed E-state index contributed by atoms with van der Waals surface area (Å²) in [5.41, 5.74) is 6.47. The van der Waals surface area contributed by atoms with Crippen LogP contribution in [0.15, 0.2) is 48.5 Å². The second-order valence-electron chi connectivity index (χ2n) is 12.4. The van der Waals surface area contributed by atoms with Gasteiger partial charge in [0.15, 0.2) is 0 Å². The van der Waals surface area contributed by atoms with Crippen molar-refractivity contribution in [3.8, 4) is 11.1 Å². The maximum Gasteiger partial charge on any atom is -0.00984 e. The molecule has 0 aliphatic carbocycles. The molecule has 0 aromatic heterocycles. The number of hydrogen-bond donors (Lipinski definition) is 0. The molecule has 0 N–H and O–H groups in total. The summed E-state index contributed by atoms with van der Waals surface area (Å²) < 4.78 is 0. The predicted octanol–water partition coefficient (Wildman–Crippen LogP) is 8.78. The zero-order valence-electron chi connectivity index (χ0n) is 20.0. The molecule has 2 aromatic rings. The van der Waals surface area contributed by atoms with Crippen molar-refractivity contribution in [1.82, 2.24) is 0 Å². The second kappa shape index (κ2) is 7.69. The van der Waals surface area contributed by atoms with Crippen LogP contribution in [-0.4, -0.2) is 0 Å². The Kier molecular flexibility index (Phi) is 6.25. The standard InChI is InChI=1S/C28H42/c1-25(2,3)19-27(7,8)23-15-11-13-21(17-23)22-14-12-16-24(18-22)28(9,10)20-26(4,5)6/h11-18H,19-20H2,1-10H3. The summed E-state index contributed by atoms with van der Waals surface area (Å²) in [6.07, 6.45) is 2.34. The molecule has 0 bridgehead atoms. The number of hydrogen-bond acceptors (Lipinski definition) is 0. The van der Waals surface area contributed by atoms with Gasteiger partial charge in [-0.3, -0.25) is 0 Å². The molecule has 0 saturated carbocycles. The van der Waals surface area contributed by atoms with Crippen LogP contribution in [-0.2, 0) is 10.8 Å². The van der Waals surface area contributed by atoms with Crippen molar-refractivity contribution >= 4 is 0 Å². The summed E-state index contributed by atoms with van der Waals surface area (Å²) in [6.45, 7) is 23.5. The van der Waals surface area contributed by atoms with Crippen LogP contribution in [0.25, 0.3) is 11.1 Å². The first kappa shape index (κ1) is 22.7. The molecule has 0 heteroatoms. The average molecular weight is 379 g/mol. The third-order valence-electron chi connectivity index (χ3n) is 5.57. The second-order valence-corrected chi connectivity index (χ2v) is 12.4. The van der Waals surface area contributed by atoms with Crippen LogP contribution in [0, 0.1) is 10.8 Å². The summed E-state index contributed by atoms with van der Waals surface area (Å²) >= 11 is 0. The average Bonchev–Trinajstić information content (AvgIpc) is 2.51. The zero-order chi connectivity index (χ0) is 21.4. The maximum atomic E-state index is 2.40. The van der Waals surface area contributed by atoms with Gasteiger partial charge in [-0.25, -0.2) is 0 Å². The minimum Gasteiger partial charge on any atom is -0.0614 e. The van der Waals surface area contributed by atoms with E-state index in [1.165, 1.54) is 35.1 Å². The van der Waals surface area contributed by atoms with Gasteiger partial charge in [0, 0.05) is 0 Å². The molecule has 0 nitrogen and oxygen atoms in total. The molecule has 28 heavy (non-hydrogen) atoms. The van der Waals surface area contributed by atoms with Crippen LogP contribution in [0.4, 0.5) is 0 Å². The smallest absolute Gasteiger partial charge is 0.00984 e. The van der Waals surface area contributed by atoms with E-state index in [4.69, 9.17) is 0 Å². The fourth-order valence-corrected chi connectivity index (χ4v) is 5.10. The largest absolute Gasteiger partial charge is 0.0614 e. The first-order valence-corrected chi connectivity index (χ1v) is 10.8.